The van der Waals surface area contributed by atoms with E-state index in [0.717, 1.165) is 18.4 Å². The summed E-state index contributed by atoms with van der Waals surface area (Å²) in [6.07, 6.45) is -4.93. The van der Waals surface area contributed by atoms with Gasteiger partial charge in [-0.15, -0.1) is 0 Å². The molecule has 0 aromatic heterocycles. The van der Waals surface area contributed by atoms with Crippen molar-refractivity contribution in [3.63, 3.8) is 0 Å². The van der Waals surface area contributed by atoms with Crippen molar-refractivity contribution in [1.82, 2.24) is 0 Å². The summed E-state index contributed by atoms with van der Waals surface area (Å²) >= 11 is 0. The Morgan fingerprint density at radius 3 is 2.25 bits per heavy atom. The van der Waals surface area contributed by atoms with E-state index in [2.05, 4.69) is 0 Å². The van der Waals surface area contributed by atoms with Gasteiger partial charge in [0.2, 0.25) is 0 Å². The van der Waals surface area contributed by atoms with E-state index in [9.17, 15) is 26.7 Å². The molecule has 1 unspecified atom stereocenters. The lowest BCUT2D eigenvalue weighted by Gasteiger charge is -2.28. The minimum Gasteiger partial charge on any atom is -0.391 e. The predicted octanol–water partition coefficient (Wildman–Crippen LogP) is 2.43. The largest absolute Gasteiger partial charge is 0.416 e. The Morgan fingerprint density at radius 2 is 1.80 bits per heavy atom. The van der Waals surface area contributed by atoms with E-state index in [-0.39, 0.29) is 12.0 Å². The van der Waals surface area contributed by atoms with Gasteiger partial charge in [-0.3, -0.25) is 0 Å². The summed E-state index contributed by atoms with van der Waals surface area (Å²) in [5.41, 5.74) is -0.580. The molecule has 0 aliphatic rings. The molecule has 0 saturated carbocycles. The number of hydrogen-bond acceptors (Lipinski definition) is 3. The highest BCUT2D eigenvalue weighted by Crippen LogP contribution is 2.30. The summed E-state index contributed by atoms with van der Waals surface area (Å²) in [6.45, 7) is 2.70. The molecule has 114 valence electrons. The van der Waals surface area contributed by atoms with Crippen molar-refractivity contribution >= 4 is 9.84 Å². The van der Waals surface area contributed by atoms with E-state index in [0.29, 0.717) is 0 Å². The fourth-order valence-corrected chi connectivity index (χ4v) is 2.17. The van der Waals surface area contributed by atoms with E-state index in [4.69, 9.17) is 0 Å². The first kappa shape index (κ1) is 17.0. The Morgan fingerprint density at radius 1 is 1.25 bits per heavy atom. The fourth-order valence-electron chi connectivity index (χ4n) is 1.59. The molecule has 0 heterocycles. The first-order valence-corrected chi connectivity index (χ1v) is 7.78. The Bertz CT molecular complexity index is 577. The van der Waals surface area contributed by atoms with E-state index < -0.39 is 32.4 Å². The van der Waals surface area contributed by atoms with Crippen molar-refractivity contribution in [1.29, 1.82) is 0 Å². The zero-order valence-electron chi connectivity index (χ0n) is 11.4. The third-order valence-corrected chi connectivity index (χ3v) is 5.62. The summed E-state index contributed by atoms with van der Waals surface area (Å²) in [6, 6.07) is 4.51. The van der Waals surface area contributed by atoms with Crippen LogP contribution < -0.4 is 0 Å². The van der Waals surface area contributed by atoms with Crippen LogP contribution >= 0.6 is 0 Å². The van der Waals surface area contributed by atoms with Gasteiger partial charge >= 0.3 is 6.18 Å². The van der Waals surface area contributed by atoms with E-state index in [1.165, 1.54) is 26.0 Å². The summed E-state index contributed by atoms with van der Waals surface area (Å²) in [7, 11) is -3.53. The topological polar surface area (TPSA) is 54.4 Å². The minimum absolute atomic E-state index is 0.163. The molecule has 0 bridgehead atoms. The van der Waals surface area contributed by atoms with Crippen molar-refractivity contribution < 1.29 is 26.7 Å². The highest BCUT2D eigenvalue weighted by Gasteiger charge is 2.38. The first-order chi connectivity index (χ1) is 8.85. The zero-order chi connectivity index (χ0) is 15.8. The number of aliphatic hydroxyl groups excluding tert-OH is 1. The summed E-state index contributed by atoms with van der Waals surface area (Å²) in [5.74, 6) is 0. The summed E-state index contributed by atoms with van der Waals surface area (Å²) < 4.78 is 59.4. The van der Waals surface area contributed by atoms with Crippen LogP contribution in [0.1, 0.15) is 25.0 Å². The maximum Gasteiger partial charge on any atom is 0.416 e. The third-order valence-electron chi connectivity index (χ3n) is 3.44. The number of rotatable bonds is 4. The summed E-state index contributed by atoms with van der Waals surface area (Å²) in [5, 5.41) is 10.00. The molecule has 0 amide bonds. The first-order valence-electron chi connectivity index (χ1n) is 5.89. The highest BCUT2D eigenvalue weighted by atomic mass is 32.2. The van der Waals surface area contributed by atoms with Gasteiger partial charge in [0, 0.05) is 6.26 Å². The van der Waals surface area contributed by atoms with Gasteiger partial charge in [-0.2, -0.15) is 13.2 Å². The van der Waals surface area contributed by atoms with Crippen molar-refractivity contribution in [2.45, 2.75) is 37.3 Å². The Kier molecular flexibility index (Phi) is 4.55. The van der Waals surface area contributed by atoms with Gasteiger partial charge in [0.15, 0.2) is 9.84 Å². The fraction of sp³-hybridized carbons (Fsp3) is 0.538. The van der Waals surface area contributed by atoms with Gasteiger partial charge in [0.25, 0.3) is 0 Å². The molecule has 0 aliphatic heterocycles. The van der Waals surface area contributed by atoms with Gasteiger partial charge < -0.3 is 5.11 Å². The average Bonchev–Trinajstić information content (AvgIpc) is 2.26. The van der Waals surface area contributed by atoms with Gasteiger partial charge in [-0.05, 0) is 31.9 Å². The predicted molar refractivity (Wildman–Crippen MR) is 70.1 cm³/mol. The van der Waals surface area contributed by atoms with Crippen molar-refractivity contribution in [3.05, 3.63) is 35.4 Å². The lowest BCUT2D eigenvalue weighted by Crippen LogP contribution is -2.44. The number of alkyl halides is 3. The van der Waals surface area contributed by atoms with Crippen LogP contribution in [-0.4, -0.2) is 30.6 Å². The molecule has 1 rings (SSSR count). The number of benzene rings is 1. The van der Waals surface area contributed by atoms with E-state index in [1.54, 1.807) is 0 Å². The van der Waals surface area contributed by atoms with Crippen LogP contribution in [0.4, 0.5) is 13.2 Å². The van der Waals surface area contributed by atoms with Crippen molar-refractivity contribution in [2.24, 2.45) is 0 Å². The van der Waals surface area contributed by atoms with Gasteiger partial charge in [-0.1, -0.05) is 18.2 Å². The molecular formula is C13H17F3O3S. The number of aliphatic hydroxyl groups is 1. The van der Waals surface area contributed by atoms with E-state index >= 15 is 0 Å². The Balaban J connectivity index is 3.01. The Hall–Kier alpha value is -1.08. The molecule has 1 atom stereocenters. The molecule has 1 N–H and O–H groups in total. The molecule has 1 aromatic rings. The Labute approximate surface area is 116 Å². The van der Waals surface area contributed by atoms with E-state index in [1.807, 2.05) is 0 Å². The molecule has 0 aliphatic carbocycles. The average molecular weight is 310 g/mol. The molecule has 7 heteroatoms. The molecule has 0 saturated heterocycles. The second-order valence-corrected chi connectivity index (χ2v) is 7.89. The standard InChI is InChI=1S/C13H17F3O3S/c1-12(2,20(3,18)19)11(17)8-9-5-4-6-10(7-9)13(14,15)16/h4-7,11,17H,8H2,1-3H3. The lowest BCUT2D eigenvalue weighted by atomic mass is 9.97. The van der Waals surface area contributed by atoms with Gasteiger partial charge in [0.05, 0.1) is 16.4 Å². The van der Waals surface area contributed by atoms with Gasteiger partial charge in [0.1, 0.15) is 0 Å². The number of hydrogen-bond donors (Lipinski definition) is 1. The molecule has 20 heavy (non-hydrogen) atoms. The quantitative estimate of drug-likeness (QED) is 0.929. The van der Waals surface area contributed by atoms with Crippen LogP contribution in [0.2, 0.25) is 0 Å². The van der Waals surface area contributed by atoms with Crippen molar-refractivity contribution in [2.75, 3.05) is 6.26 Å². The second-order valence-electron chi connectivity index (χ2n) is 5.29. The number of sulfone groups is 1. The maximum absolute atomic E-state index is 12.6. The summed E-state index contributed by atoms with van der Waals surface area (Å²) in [4.78, 5) is 0. The van der Waals surface area contributed by atoms with Crippen LogP contribution in [0.25, 0.3) is 0 Å². The van der Waals surface area contributed by atoms with Crippen LogP contribution in [0, 0.1) is 0 Å². The third kappa shape index (κ3) is 3.73. The highest BCUT2D eigenvalue weighted by molar-refractivity contribution is 7.92. The van der Waals surface area contributed by atoms with Crippen molar-refractivity contribution in [3.8, 4) is 0 Å². The molecule has 0 radical (unpaired) electrons. The number of halogens is 3. The molecule has 3 nitrogen and oxygen atoms in total. The molecule has 1 aromatic carbocycles. The zero-order valence-corrected chi connectivity index (χ0v) is 12.2. The van der Waals surface area contributed by atoms with Crippen LogP contribution in [0.15, 0.2) is 24.3 Å². The normalized spacial score (nSPS) is 15.2. The van der Waals surface area contributed by atoms with Gasteiger partial charge in [-0.25, -0.2) is 8.42 Å². The second kappa shape index (κ2) is 5.37. The monoisotopic (exact) mass is 310 g/mol. The van der Waals surface area contributed by atoms with Crippen LogP contribution in [-0.2, 0) is 22.4 Å². The van der Waals surface area contributed by atoms with Crippen LogP contribution in [0.5, 0.6) is 0 Å². The smallest absolute Gasteiger partial charge is 0.391 e. The SMILES string of the molecule is CC(C)(C(O)Cc1cccc(C(F)(F)F)c1)S(C)(=O)=O. The maximum atomic E-state index is 12.6. The van der Waals surface area contributed by atoms with Crippen LogP contribution in [0.3, 0.4) is 0 Å². The molecule has 0 spiro atoms. The molecular weight excluding hydrogens is 293 g/mol. The molecule has 0 fully saturated rings. The lowest BCUT2D eigenvalue weighted by molar-refractivity contribution is -0.137. The minimum atomic E-state index is -4.46.